The maximum atomic E-state index is 12.5. The van der Waals surface area contributed by atoms with E-state index >= 15 is 0 Å². The van der Waals surface area contributed by atoms with Gasteiger partial charge in [0.15, 0.2) is 0 Å². The number of hydrogen-bond donors (Lipinski definition) is 2. The van der Waals surface area contributed by atoms with Crippen molar-refractivity contribution < 1.29 is 19.2 Å². The maximum absolute atomic E-state index is 12.5. The lowest BCUT2D eigenvalue weighted by molar-refractivity contribution is -0.384. The summed E-state index contributed by atoms with van der Waals surface area (Å²) in [6.07, 6.45) is 2.10. The Morgan fingerprint density at radius 3 is 2.68 bits per heavy atom. The number of benzene rings is 2. The lowest BCUT2D eigenvalue weighted by Crippen LogP contribution is -2.29. The van der Waals surface area contributed by atoms with Crippen LogP contribution in [0.25, 0.3) is 0 Å². The van der Waals surface area contributed by atoms with E-state index in [1.165, 1.54) is 12.1 Å². The molecule has 2 aromatic rings. The number of hydrogen-bond acceptors (Lipinski definition) is 6. The number of amides is 1. The summed E-state index contributed by atoms with van der Waals surface area (Å²) in [5, 5.41) is 16.6. The molecule has 1 aliphatic heterocycles. The Hall–Kier alpha value is -3.13. The molecular weight excluding hydrogens is 362 g/mol. The summed E-state index contributed by atoms with van der Waals surface area (Å²) in [5.74, 6) is 0.326. The first-order chi connectivity index (χ1) is 13.6. The van der Waals surface area contributed by atoms with Gasteiger partial charge in [0, 0.05) is 37.5 Å². The highest BCUT2D eigenvalue weighted by molar-refractivity contribution is 5.96. The van der Waals surface area contributed by atoms with Crippen molar-refractivity contribution in [3.63, 3.8) is 0 Å². The van der Waals surface area contributed by atoms with Crippen molar-refractivity contribution in [2.24, 2.45) is 0 Å². The summed E-state index contributed by atoms with van der Waals surface area (Å²) in [7, 11) is 0. The van der Waals surface area contributed by atoms with Crippen molar-refractivity contribution in [3.8, 4) is 5.75 Å². The molecule has 148 valence electrons. The minimum Gasteiger partial charge on any atom is -0.490 e. The van der Waals surface area contributed by atoms with Crippen LogP contribution < -0.4 is 15.4 Å². The fourth-order valence-corrected chi connectivity index (χ4v) is 2.92. The average molecular weight is 385 g/mol. The number of nitrogens with zero attached hydrogens (tertiary/aromatic N) is 1. The molecule has 0 aliphatic carbocycles. The van der Waals surface area contributed by atoms with Gasteiger partial charge in [-0.05, 0) is 37.1 Å². The molecule has 28 heavy (non-hydrogen) atoms. The number of non-ortho nitro benzene ring substituents is 1. The number of nitrogens with one attached hydrogen (secondary N) is 2. The highest BCUT2D eigenvalue weighted by Gasteiger charge is 2.18. The Morgan fingerprint density at radius 2 is 1.96 bits per heavy atom. The summed E-state index contributed by atoms with van der Waals surface area (Å²) >= 11 is 0. The maximum Gasteiger partial charge on any atom is 0.269 e. The van der Waals surface area contributed by atoms with Gasteiger partial charge in [0.05, 0.1) is 16.6 Å². The predicted octanol–water partition coefficient (Wildman–Crippen LogP) is 2.99. The van der Waals surface area contributed by atoms with Crippen molar-refractivity contribution in [1.29, 1.82) is 0 Å². The van der Waals surface area contributed by atoms with E-state index in [0.29, 0.717) is 31.0 Å². The molecule has 0 aromatic heterocycles. The van der Waals surface area contributed by atoms with Gasteiger partial charge in [0.1, 0.15) is 12.4 Å². The van der Waals surface area contributed by atoms with Crippen LogP contribution in [0.5, 0.6) is 5.75 Å². The third-order valence-corrected chi connectivity index (χ3v) is 4.40. The Bertz CT molecular complexity index is 804. The molecule has 2 aromatic carbocycles. The van der Waals surface area contributed by atoms with E-state index in [0.717, 1.165) is 25.1 Å². The number of carbonyl (C=O) groups excluding carboxylic acids is 1. The van der Waals surface area contributed by atoms with E-state index in [1.54, 1.807) is 30.3 Å². The molecule has 0 radical (unpaired) electrons. The van der Waals surface area contributed by atoms with Crippen molar-refractivity contribution >= 4 is 17.3 Å². The van der Waals surface area contributed by atoms with Gasteiger partial charge >= 0.3 is 0 Å². The van der Waals surface area contributed by atoms with Crippen LogP contribution in [-0.2, 0) is 4.74 Å². The van der Waals surface area contributed by atoms with Gasteiger partial charge in [-0.1, -0.05) is 12.1 Å². The highest BCUT2D eigenvalue weighted by atomic mass is 16.6. The van der Waals surface area contributed by atoms with E-state index in [-0.39, 0.29) is 17.7 Å². The first kappa shape index (κ1) is 19.6. The SMILES string of the molecule is O=C(NCCNc1ccc([N+](=O)[O-])cc1)c1ccccc1OC[C@H]1CCCO1. The van der Waals surface area contributed by atoms with Crippen LogP contribution in [-0.4, -0.2) is 43.2 Å². The van der Waals surface area contributed by atoms with Crippen molar-refractivity contribution in [3.05, 3.63) is 64.2 Å². The van der Waals surface area contributed by atoms with Crippen molar-refractivity contribution in [1.82, 2.24) is 5.32 Å². The van der Waals surface area contributed by atoms with E-state index in [1.807, 2.05) is 6.07 Å². The summed E-state index contributed by atoms with van der Waals surface area (Å²) in [5.41, 5.74) is 1.27. The number of para-hydroxylation sites is 1. The molecule has 1 atom stereocenters. The summed E-state index contributed by atoms with van der Waals surface area (Å²) < 4.78 is 11.3. The monoisotopic (exact) mass is 385 g/mol. The third-order valence-electron chi connectivity index (χ3n) is 4.40. The number of carbonyl (C=O) groups is 1. The van der Waals surface area contributed by atoms with E-state index < -0.39 is 4.92 Å². The van der Waals surface area contributed by atoms with Gasteiger partial charge in [-0.3, -0.25) is 14.9 Å². The first-order valence-electron chi connectivity index (χ1n) is 9.23. The van der Waals surface area contributed by atoms with Crippen LogP contribution in [0.3, 0.4) is 0 Å². The van der Waals surface area contributed by atoms with Crippen LogP contribution >= 0.6 is 0 Å². The van der Waals surface area contributed by atoms with Gasteiger partial charge in [-0.15, -0.1) is 0 Å². The minimum absolute atomic E-state index is 0.0402. The van der Waals surface area contributed by atoms with Crippen molar-refractivity contribution in [2.75, 3.05) is 31.6 Å². The van der Waals surface area contributed by atoms with E-state index in [2.05, 4.69) is 10.6 Å². The molecule has 1 saturated heterocycles. The van der Waals surface area contributed by atoms with E-state index in [4.69, 9.17) is 9.47 Å². The molecule has 8 heteroatoms. The topological polar surface area (TPSA) is 103 Å². The lowest BCUT2D eigenvalue weighted by Gasteiger charge is -2.14. The molecule has 3 rings (SSSR count). The van der Waals surface area contributed by atoms with Crippen LogP contribution in [0.1, 0.15) is 23.2 Å². The standard InChI is InChI=1S/C20H23N3O5/c24-20(22-12-11-21-15-7-9-16(10-8-15)23(25)26)18-5-1-2-6-19(18)28-14-17-4-3-13-27-17/h1-2,5-10,17,21H,3-4,11-14H2,(H,22,24)/t17-/m1/s1. The lowest BCUT2D eigenvalue weighted by atomic mass is 10.2. The predicted molar refractivity (Wildman–Crippen MR) is 105 cm³/mol. The second kappa shape index (κ2) is 9.70. The average Bonchev–Trinajstić information content (AvgIpc) is 3.24. The normalized spacial score (nSPS) is 15.8. The molecule has 2 N–H and O–H groups in total. The first-order valence-corrected chi connectivity index (χ1v) is 9.23. The fourth-order valence-electron chi connectivity index (χ4n) is 2.92. The molecule has 0 unspecified atom stereocenters. The molecule has 8 nitrogen and oxygen atoms in total. The second-order valence-electron chi connectivity index (χ2n) is 6.43. The number of nitro benzene ring substituents is 1. The summed E-state index contributed by atoms with van der Waals surface area (Å²) in [6, 6.07) is 13.3. The van der Waals surface area contributed by atoms with Gasteiger partial charge in [0.2, 0.25) is 0 Å². The van der Waals surface area contributed by atoms with Crippen LogP contribution in [0, 0.1) is 10.1 Å². The second-order valence-corrected chi connectivity index (χ2v) is 6.43. The largest absolute Gasteiger partial charge is 0.490 e. The number of anilines is 1. The molecule has 1 amide bonds. The van der Waals surface area contributed by atoms with Crippen LogP contribution in [0.15, 0.2) is 48.5 Å². The smallest absolute Gasteiger partial charge is 0.269 e. The number of ether oxygens (including phenoxy) is 2. The van der Waals surface area contributed by atoms with Gasteiger partial charge in [-0.25, -0.2) is 0 Å². The van der Waals surface area contributed by atoms with Crippen molar-refractivity contribution in [2.45, 2.75) is 18.9 Å². The molecule has 0 saturated carbocycles. The Labute approximate surface area is 163 Å². The molecule has 1 heterocycles. The molecule has 0 spiro atoms. The Balaban J connectivity index is 1.46. The zero-order chi connectivity index (χ0) is 19.8. The third kappa shape index (κ3) is 5.43. The van der Waals surface area contributed by atoms with Gasteiger partial charge in [0.25, 0.3) is 11.6 Å². The zero-order valence-electron chi connectivity index (χ0n) is 15.4. The Kier molecular flexibility index (Phi) is 6.80. The molecular formula is C20H23N3O5. The molecule has 1 aliphatic rings. The fraction of sp³-hybridized carbons (Fsp3) is 0.350. The van der Waals surface area contributed by atoms with Crippen LogP contribution in [0.2, 0.25) is 0 Å². The highest BCUT2D eigenvalue weighted by Crippen LogP contribution is 2.20. The van der Waals surface area contributed by atoms with E-state index in [9.17, 15) is 14.9 Å². The van der Waals surface area contributed by atoms with Gasteiger partial charge in [-0.2, -0.15) is 0 Å². The molecule has 0 bridgehead atoms. The quantitative estimate of drug-likeness (QED) is 0.391. The summed E-state index contributed by atoms with van der Waals surface area (Å²) in [4.78, 5) is 22.7. The summed E-state index contributed by atoms with van der Waals surface area (Å²) in [6.45, 7) is 2.09. The minimum atomic E-state index is -0.442. The molecule has 1 fully saturated rings. The zero-order valence-corrected chi connectivity index (χ0v) is 15.4. The van der Waals surface area contributed by atoms with Gasteiger partial charge < -0.3 is 20.1 Å². The van der Waals surface area contributed by atoms with Crippen LogP contribution in [0.4, 0.5) is 11.4 Å². The number of nitro groups is 1. The number of rotatable bonds is 9. The Morgan fingerprint density at radius 1 is 1.18 bits per heavy atom.